The van der Waals surface area contributed by atoms with Gasteiger partial charge in [-0.05, 0) is 45.7 Å². The summed E-state index contributed by atoms with van der Waals surface area (Å²) in [5.74, 6) is 0. The van der Waals surface area contributed by atoms with Crippen LogP contribution in [0.5, 0.6) is 0 Å². The number of aryl methyl sites for hydroxylation is 1. The molecule has 0 unspecified atom stereocenters. The van der Waals surface area contributed by atoms with Crippen LogP contribution < -0.4 is 0 Å². The highest BCUT2D eigenvalue weighted by atomic mass is 16.6. The third kappa shape index (κ3) is 5.14. The highest BCUT2D eigenvalue weighted by molar-refractivity contribution is 5.69. The fourth-order valence-corrected chi connectivity index (χ4v) is 3.75. The van der Waals surface area contributed by atoms with Crippen molar-refractivity contribution in [3.8, 4) is 0 Å². The van der Waals surface area contributed by atoms with Crippen LogP contribution >= 0.6 is 0 Å². The van der Waals surface area contributed by atoms with E-state index in [9.17, 15) is 4.79 Å². The Labute approximate surface area is 169 Å². The van der Waals surface area contributed by atoms with Crippen molar-refractivity contribution in [2.24, 2.45) is 0 Å². The lowest BCUT2D eigenvalue weighted by Crippen LogP contribution is -2.55. The van der Waals surface area contributed by atoms with Gasteiger partial charge in [-0.1, -0.05) is 60.2 Å². The molecule has 4 heteroatoms. The summed E-state index contributed by atoms with van der Waals surface area (Å²) in [4.78, 5) is 17.3. The molecule has 2 atom stereocenters. The van der Waals surface area contributed by atoms with E-state index < -0.39 is 5.60 Å². The summed E-state index contributed by atoms with van der Waals surface area (Å²) in [7, 11) is 0. The Balaban J connectivity index is 1.87. The topological polar surface area (TPSA) is 32.8 Å². The number of piperazine rings is 1. The molecule has 2 aromatic rings. The van der Waals surface area contributed by atoms with Crippen LogP contribution in [0, 0.1) is 6.92 Å². The molecule has 0 aromatic heterocycles. The van der Waals surface area contributed by atoms with E-state index in [1.165, 1.54) is 11.1 Å². The van der Waals surface area contributed by atoms with Crippen LogP contribution in [0.15, 0.2) is 54.6 Å². The highest BCUT2D eigenvalue weighted by Gasteiger charge is 2.37. The van der Waals surface area contributed by atoms with Gasteiger partial charge in [-0.15, -0.1) is 0 Å². The molecule has 0 N–H and O–H groups in total. The van der Waals surface area contributed by atoms with Crippen molar-refractivity contribution in [2.75, 3.05) is 13.1 Å². The zero-order valence-electron chi connectivity index (χ0n) is 17.7. The number of benzene rings is 2. The van der Waals surface area contributed by atoms with E-state index in [0.29, 0.717) is 6.54 Å². The minimum absolute atomic E-state index is 0.0188. The number of hydrogen-bond acceptors (Lipinski definition) is 3. The molecule has 1 aliphatic rings. The lowest BCUT2D eigenvalue weighted by Gasteiger charge is -2.45. The summed E-state index contributed by atoms with van der Waals surface area (Å²) >= 11 is 0. The molecule has 0 bridgehead atoms. The van der Waals surface area contributed by atoms with Gasteiger partial charge in [-0.2, -0.15) is 0 Å². The van der Waals surface area contributed by atoms with Gasteiger partial charge in [0.15, 0.2) is 0 Å². The minimum Gasteiger partial charge on any atom is -0.444 e. The Morgan fingerprint density at radius 3 is 2.43 bits per heavy atom. The first-order valence-corrected chi connectivity index (χ1v) is 10.1. The van der Waals surface area contributed by atoms with E-state index in [4.69, 9.17) is 4.74 Å². The van der Waals surface area contributed by atoms with Crippen molar-refractivity contribution < 1.29 is 9.53 Å². The van der Waals surface area contributed by atoms with Gasteiger partial charge in [-0.3, -0.25) is 9.80 Å². The van der Waals surface area contributed by atoms with Crippen molar-refractivity contribution in [1.29, 1.82) is 0 Å². The van der Waals surface area contributed by atoms with Crippen molar-refractivity contribution in [3.05, 3.63) is 71.3 Å². The number of hydrogen-bond donors (Lipinski definition) is 0. The quantitative estimate of drug-likeness (QED) is 0.736. The van der Waals surface area contributed by atoms with E-state index in [-0.39, 0.29) is 18.2 Å². The second-order valence-corrected chi connectivity index (χ2v) is 8.83. The first-order chi connectivity index (χ1) is 13.2. The maximum absolute atomic E-state index is 13.0. The minimum atomic E-state index is -0.501. The number of ether oxygens (including phenoxy) is 1. The summed E-state index contributed by atoms with van der Waals surface area (Å²) in [5.41, 5.74) is 3.16. The van der Waals surface area contributed by atoms with Crippen molar-refractivity contribution in [2.45, 2.75) is 58.8 Å². The number of amides is 1. The predicted octanol–water partition coefficient (Wildman–Crippen LogP) is 5.18. The SMILES string of the molecule is Cc1cccc([C@@H]2CN(Cc3ccccc3)[C@H](C)CN2C(=O)OC(C)(C)C)c1. The molecule has 0 aliphatic carbocycles. The molecule has 1 aliphatic heterocycles. The van der Waals surface area contributed by atoms with Crippen LogP contribution in [-0.2, 0) is 11.3 Å². The van der Waals surface area contributed by atoms with Gasteiger partial charge in [0.1, 0.15) is 5.60 Å². The number of carbonyl (C=O) groups is 1. The zero-order valence-corrected chi connectivity index (χ0v) is 17.7. The lowest BCUT2D eigenvalue weighted by atomic mass is 9.98. The fourth-order valence-electron chi connectivity index (χ4n) is 3.75. The number of nitrogens with zero attached hydrogens (tertiary/aromatic N) is 2. The molecule has 0 radical (unpaired) electrons. The number of carbonyl (C=O) groups excluding carboxylic acids is 1. The largest absolute Gasteiger partial charge is 0.444 e. The Bertz CT molecular complexity index is 798. The molecule has 0 saturated carbocycles. The summed E-state index contributed by atoms with van der Waals surface area (Å²) in [6.45, 7) is 12.4. The van der Waals surface area contributed by atoms with Crippen molar-refractivity contribution >= 4 is 6.09 Å². The zero-order chi connectivity index (χ0) is 20.3. The molecule has 3 rings (SSSR count). The average Bonchev–Trinajstić information content (AvgIpc) is 2.62. The molecule has 1 heterocycles. The van der Waals surface area contributed by atoms with Gasteiger partial charge in [0.05, 0.1) is 6.04 Å². The van der Waals surface area contributed by atoms with Gasteiger partial charge < -0.3 is 4.74 Å². The Morgan fingerprint density at radius 2 is 1.79 bits per heavy atom. The maximum atomic E-state index is 13.0. The van der Waals surface area contributed by atoms with Gasteiger partial charge in [0.2, 0.25) is 0 Å². The third-order valence-electron chi connectivity index (χ3n) is 5.15. The Hall–Kier alpha value is -2.33. The highest BCUT2D eigenvalue weighted by Crippen LogP contribution is 2.31. The van der Waals surface area contributed by atoms with Crippen LogP contribution in [0.3, 0.4) is 0 Å². The van der Waals surface area contributed by atoms with E-state index in [2.05, 4.69) is 67.3 Å². The summed E-state index contributed by atoms with van der Waals surface area (Å²) in [6, 6.07) is 19.2. The van der Waals surface area contributed by atoms with Crippen LogP contribution in [0.1, 0.15) is 50.4 Å². The van der Waals surface area contributed by atoms with E-state index in [0.717, 1.165) is 18.7 Å². The van der Waals surface area contributed by atoms with Crippen molar-refractivity contribution in [3.63, 3.8) is 0 Å². The molecule has 0 spiro atoms. The van der Waals surface area contributed by atoms with Crippen LogP contribution in [-0.4, -0.2) is 40.6 Å². The van der Waals surface area contributed by atoms with Crippen LogP contribution in [0.4, 0.5) is 4.79 Å². The monoisotopic (exact) mass is 380 g/mol. The molecule has 28 heavy (non-hydrogen) atoms. The van der Waals surface area contributed by atoms with Gasteiger partial charge in [0.25, 0.3) is 0 Å². The van der Waals surface area contributed by atoms with Crippen LogP contribution in [0.25, 0.3) is 0 Å². The number of rotatable bonds is 3. The molecular formula is C24H32N2O2. The van der Waals surface area contributed by atoms with E-state index >= 15 is 0 Å². The third-order valence-corrected chi connectivity index (χ3v) is 5.15. The molecule has 2 aromatic carbocycles. The normalized spacial score (nSPS) is 20.8. The predicted molar refractivity (Wildman–Crippen MR) is 113 cm³/mol. The van der Waals surface area contributed by atoms with Gasteiger partial charge in [0, 0.05) is 25.7 Å². The molecule has 150 valence electrons. The Kier molecular flexibility index (Phi) is 6.09. The smallest absolute Gasteiger partial charge is 0.410 e. The molecule has 1 amide bonds. The second kappa shape index (κ2) is 8.36. The van der Waals surface area contributed by atoms with Crippen LogP contribution in [0.2, 0.25) is 0 Å². The summed E-state index contributed by atoms with van der Waals surface area (Å²) in [6.07, 6.45) is -0.231. The fraction of sp³-hybridized carbons (Fsp3) is 0.458. The van der Waals surface area contributed by atoms with E-state index in [1.54, 1.807) is 0 Å². The van der Waals surface area contributed by atoms with Gasteiger partial charge >= 0.3 is 6.09 Å². The first kappa shape index (κ1) is 20.4. The summed E-state index contributed by atoms with van der Waals surface area (Å²) < 4.78 is 5.73. The summed E-state index contributed by atoms with van der Waals surface area (Å²) in [5, 5.41) is 0. The van der Waals surface area contributed by atoms with Crippen molar-refractivity contribution in [1.82, 2.24) is 9.80 Å². The lowest BCUT2D eigenvalue weighted by molar-refractivity contribution is -0.0159. The second-order valence-electron chi connectivity index (χ2n) is 8.83. The molecule has 4 nitrogen and oxygen atoms in total. The Morgan fingerprint density at radius 1 is 1.07 bits per heavy atom. The first-order valence-electron chi connectivity index (χ1n) is 10.1. The molecule has 1 saturated heterocycles. The standard InChI is InChI=1S/C24H32N2O2/c1-18-10-9-13-21(14-18)22-17-25(16-20-11-7-6-8-12-20)19(2)15-26(22)23(27)28-24(3,4)5/h6-14,19,22H,15-17H2,1-5H3/t19-,22+/m1/s1. The maximum Gasteiger partial charge on any atom is 0.410 e. The average molecular weight is 381 g/mol. The molecular weight excluding hydrogens is 348 g/mol. The van der Waals surface area contributed by atoms with Gasteiger partial charge in [-0.25, -0.2) is 4.79 Å². The van der Waals surface area contributed by atoms with E-state index in [1.807, 2.05) is 31.7 Å². The molecule has 1 fully saturated rings.